The number of rotatable bonds is 63. The Balaban J connectivity index is 5.22. The van der Waals surface area contributed by atoms with E-state index in [0.717, 1.165) is 108 Å². The fourth-order valence-electron chi connectivity index (χ4n) is 9.75. The van der Waals surface area contributed by atoms with Gasteiger partial charge < -0.3 is 33.8 Å². The molecule has 19 heteroatoms. The molecule has 0 spiro atoms. The third kappa shape index (κ3) is 59.5. The van der Waals surface area contributed by atoms with E-state index in [1.165, 1.54) is 116 Å². The molecule has 0 saturated carbocycles. The van der Waals surface area contributed by atoms with Gasteiger partial charge in [-0.3, -0.25) is 37.3 Å². The third-order valence-electron chi connectivity index (χ3n) is 15.4. The Hall–Kier alpha value is -1.94. The minimum absolute atomic E-state index is 0.102. The van der Waals surface area contributed by atoms with E-state index in [9.17, 15) is 43.2 Å². The number of hydrogen-bond donors (Lipinski definition) is 3. The lowest BCUT2D eigenvalue weighted by atomic mass is 10.00. The van der Waals surface area contributed by atoms with Gasteiger partial charge in [-0.2, -0.15) is 0 Å². The van der Waals surface area contributed by atoms with Crippen molar-refractivity contribution in [1.29, 1.82) is 0 Å². The molecule has 0 rings (SSSR count). The van der Waals surface area contributed by atoms with Gasteiger partial charge in [0.25, 0.3) is 0 Å². The molecule has 0 saturated heterocycles. The van der Waals surface area contributed by atoms with Crippen molar-refractivity contribution in [2.45, 2.75) is 337 Å². The van der Waals surface area contributed by atoms with Crippen molar-refractivity contribution in [3.8, 4) is 0 Å². The summed E-state index contributed by atoms with van der Waals surface area (Å²) in [6.07, 6.45) is 36.4. The molecule has 0 aliphatic heterocycles. The highest BCUT2D eigenvalue weighted by molar-refractivity contribution is 7.47. The van der Waals surface area contributed by atoms with Crippen LogP contribution >= 0.6 is 15.6 Å². The van der Waals surface area contributed by atoms with Crippen LogP contribution in [0.4, 0.5) is 0 Å². The first-order valence-electron chi connectivity index (χ1n) is 34.2. The molecule has 504 valence electrons. The number of unbranched alkanes of at least 4 members (excludes halogenated alkanes) is 28. The van der Waals surface area contributed by atoms with Crippen LogP contribution in [0.1, 0.15) is 319 Å². The maximum absolute atomic E-state index is 13.0. The summed E-state index contributed by atoms with van der Waals surface area (Å²) in [7, 11) is -9.89. The zero-order chi connectivity index (χ0) is 63.2. The van der Waals surface area contributed by atoms with Crippen molar-refractivity contribution in [3.05, 3.63) is 0 Å². The Morgan fingerprint density at radius 3 is 0.835 bits per heavy atom. The normalized spacial score (nSPS) is 14.7. The van der Waals surface area contributed by atoms with Gasteiger partial charge in [-0.1, -0.05) is 267 Å². The summed E-state index contributed by atoms with van der Waals surface area (Å²) in [5.41, 5.74) is 0. The van der Waals surface area contributed by atoms with Crippen LogP contribution in [0.2, 0.25) is 0 Å². The topological polar surface area (TPSA) is 237 Å². The van der Waals surface area contributed by atoms with Gasteiger partial charge in [-0.15, -0.1) is 0 Å². The highest BCUT2D eigenvalue weighted by Gasteiger charge is 2.30. The number of phosphoric acid groups is 2. The van der Waals surface area contributed by atoms with Crippen molar-refractivity contribution < 1.29 is 80.2 Å². The van der Waals surface area contributed by atoms with Gasteiger partial charge in [0.05, 0.1) is 26.4 Å². The van der Waals surface area contributed by atoms with Gasteiger partial charge in [0.1, 0.15) is 19.3 Å². The average molecular weight is 1260 g/mol. The van der Waals surface area contributed by atoms with Gasteiger partial charge >= 0.3 is 39.5 Å². The van der Waals surface area contributed by atoms with Crippen molar-refractivity contribution in [2.24, 2.45) is 23.7 Å². The zero-order valence-electron chi connectivity index (χ0n) is 55.2. The van der Waals surface area contributed by atoms with Gasteiger partial charge in [0.2, 0.25) is 0 Å². The molecule has 3 N–H and O–H groups in total. The van der Waals surface area contributed by atoms with Crippen LogP contribution in [0, 0.1) is 23.7 Å². The molecule has 0 aliphatic rings. The Morgan fingerprint density at radius 1 is 0.329 bits per heavy atom. The molecule has 0 aromatic carbocycles. The lowest BCUT2D eigenvalue weighted by Crippen LogP contribution is -2.30. The molecule has 0 bridgehead atoms. The number of aliphatic hydroxyl groups is 1. The van der Waals surface area contributed by atoms with Crippen molar-refractivity contribution >= 4 is 39.5 Å². The summed E-state index contributed by atoms with van der Waals surface area (Å²) in [5, 5.41) is 10.5. The molecule has 6 atom stereocenters. The average Bonchev–Trinajstić information content (AvgIpc) is 3.48. The summed E-state index contributed by atoms with van der Waals surface area (Å²) < 4.78 is 68.0. The number of carbonyl (C=O) groups excluding carboxylic acids is 4. The Kier molecular flexibility index (Phi) is 54.8. The Bertz CT molecular complexity index is 1700. The molecule has 85 heavy (non-hydrogen) atoms. The maximum atomic E-state index is 13.0. The molecule has 0 aromatic rings. The minimum atomic E-state index is -4.95. The van der Waals surface area contributed by atoms with Crippen LogP contribution < -0.4 is 0 Å². The molecular formula is C66H128O17P2. The molecule has 4 unspecified atom stereocenters. The van der Waals surface area contributed by atoms with Gasteiger partial charge in [-0.25, -0.2) is 9.13 Å². The molecule has 0 fully saturated rings. The predicted octanol–water partition coefficient (Wildman–Crippen LogP) is 18.1. The van der Waals surface area contributed by atoms with Gasteiger partial charge in [0, 0.05) is 25.7 Å². The molecule has 0 heterocycles. The maximum Gasteiger partial charge on any atom is 0.472 e. The second-order valence-corrected chi connectivity index (χ2v) is 28.4. The first-order chi connectivity index (χ1) is 40.6. The largest absolute Gasteiger partial charge is 0.472 e. The zero-order valence-corrected chi connectivity index (χ0v) is 57.0. The number of ether oxygens (including phenoxy) is 4. The highest BCUT2D eigenvalue weighted by atomic mass is 31.2. The quantitative estimate of drug-likeness (QED) is 0.0222. The minimum Gasteiger partial charge on any atom is -0.462 e. The van der Waals surface area contributed by atoms with E-state index in [4.69, 9.17) is 37.0 Å². The Labute approximate surface area is 517 Å². The summed E-state index contributed by atoms with van der Waals surface area (Å²) >= 11 is 0. The molecular weight excluding hydrogens is 1130 g/mol. The number of carbonyl (C=O) groups is 4. The number of hydrogen-bond acceptors (Lipinski definition) is 15. The Morgan fingerprint density at radius 2 is 0.565 bits per heavy atom. The fraction of sp³-hybridized carbons (Fsp3) is 0.939. The summed E-state index contributed by atoms with van der Waals surface area (Å²) in [6.45, 7) is 14.0. The number of esters is 4. The lowest BCUT2D eigenvalue weighted by molar-refractivity contribution is -0.161. The van der Waals surface area contributed by atoms with Crippen LogP contribution in [0.5, 0.6) is 0 Å². The van der Waals surface area contributed by atoms with Crippen LogP contribution in [0.25, 0.3) is 0 Å². The first kappa shape index (κ1) is 83.1. The smallest absolute Gasteiger partial charge is 0.462 e. The van der Waals surface area contributed by atoms with Crippen LogP contribution in [0.3, 0.4) is 0 Å². The van der Waals surface area contributed by atoms with Crippen molar-refractivity contribution in [1.82, 2.24) is 0 Å². The van der Waals surface area contributed by atoms with Gasteiger partial charge in [-0.05, 0) is 49.4 Å². The lowest BCUT2D eigenvalue weighted by Gasteiger charge is -2.21. The van der Waals surface area contributed by atoms with Crippen molar-refractivity contribution in [3.63, 3.8) is 0 Å². The number of phosphoric ester groups is 2. The van der Waals surface area contributed by atoms with Crippen LogP contribution in [0.15, 0.2) is 0 Å². The monoisotopic (exact) mass is 1250 g/mol. The van der Waals surface area contributed by atoms with E-state index in [-0.39, 0.29) is 25.7 Å². The molecule has 0 aliphatic carbocycles. The summed E-state index contributed by atoms with van der Waals surface area (Å²) in [6, 6.07) is 0. The summed E-state index contributed by atoms with van der Waals surface area (Å²) in [5.74, 6) is 0.762. The van der Waals surface area contributed by atoms with E-state index in [0.29, 0.717) is 37.5 Å². The van der Waals surface area contributed by atoms with Crippen molar-refractivity contribution in [2.75, 3.05) is 39.6 Å². The SMILES string of the molecule is CCC(C)CCCCCCCCC(=O)O[C@H](COC(=O)CCCCCCCCCCCCCCC(C)C)COP(=O)(O)OCC(O)COP(=O)(O)OC[C@@H](COC(=O)CCCCCCCCCC(C)C)OC(=O)CCCCCCCCCC(C)C. The molecule has 0 aromatic heterocycles. The fourth-order valence-corrected chi connectivity index (χ4v) is 11.3. The van der Waals surface area contributed by atoms with Crippen LogP contribution in [-0.4, -0.2) is 96.7 Å². The standard InChI is InChI=1S/C66H128O17P2/c1-9-59(8)45-37-29-24-25-33-41-49-66(71)83-62(53-76-63(68)46-38-30-21-15-13-11-10-12-14-18-26-34-42-56(2)3)55-81-85(74,75)79-51-60(67)50-78-84(72,73)80-54-61(82-65(70)48-40-32-23-17-20-28-36-44-58(6)7)52-77-64(69)47-39-31-22-16-19-27-35-43-57(4)5/h56-62,67H,9-55H2,1-8H3,(H,72,73)(H,74,75)/t59?,60?,61-,62-/m1/s1. The molecule has 0 amide bonds. The van der Waals surface area contributed by atoms with E-state index >= 15 is 0 Å². The molecule has 0 radical (unpaired) electrons. The molecule has 17 nitrogen and oxygen atoms in total. The van der Waals surface area contributed by atoms with E-state index in [2.05, 4.69) is 55.4 Å². The highest BCUT2D eigenvalue weighted by Crippen LogP contribution is 2.45. The first-order valence-corrected chi connectivity index (χ1v) is 37.2. The van der Waals surface area contributed by atoms with E-state index in [1.807, 2.05) is 0 Å². The summed E-state index contributed by atoms with van der Waals surface area (Å²) in [4.78, 5) is 72.3. The van der Waals surface area contributed by atoms with E-state index < -0.39 is 97.5 Å². The second-order valence-electron chi connectivity index (χ2n) is 25.5. The third-order valence-corrected chi connectivity index (χ3v) is 17.3. The van der Waals surface area contributed by atoms with Crippen LogP contribution in [-0.2, 0) is 65.4 Å². The van der Waals surface area contributed by atoms with Gasteiger partial charge in [0.15, 0.2) is 12.2 Å². The predicted molar refractivity (Wildman–Crippen MR) is 340 cm³/mol. The number of aliphatic hydroxyl groups excluding tert-OH is 1. The van der Waals surface area contributed by atoms with E-state index in [1.54, 1.807) is 0 Å². The second kappa shape index (κ2) is 56.1.